The number of aryl methyl sites for hydroxylation is 2. The molecule has 0 saturated carbocycles. The summed E-state index contributed by atoms with van der Waals surface area (Å²) in [4.78, 5) is 0. The quantitative estimate of drug-likeness (QED) is 0.186. The predicted octanol–water partition coefficient (Wildman–Crippen LogP) is 3.79. The van der Waals surface area contributed by atoms with Crippen molar-refractivity contribution in [3.63, 3.8) is 0 Å². The fourth-order valence-corrected chi connectivity index (χ4v) is 4.39. The van der Waals surface area contributed by atoms with Gasteiger partial charge in [-0.05, 0) is 74.5 Å². The van der Waals surface area contributed by atoms with Crippen molar-refractivity contribution in [1.82, 2.24) is 19.6 Å². The van der Waals surface area contributed by atoms with Crippen molar-refractivity contribution in [2.24, 2.45) is 20.5 Å². The minimum atomic E-state index is -0.390. The first-order valence-electron chi connectivity index (χ1n) is 13.5. The molecule has 0 amide bonds. The number of azo groups is 2. The maximum absolute atomic E-state index is 12.4. The Bertz CT molecular complexity index is 1910. The molecular weight excluding hydrogens is 706 g/mol. The average Bonchev–Trinajstić information content (AvgIpc) is 3.50. The molecule has 235 valence electrons. The van der Waals surface area contributed by atoms with Gasteiger partial charge in [-0.3, -0.25) is 0 Å². The molecule has 0 aliphatic heterocycles. The van der Waals surface area contributed by atoms with Crippen LogP contribution < -0.4 is 50.0 Å². The molecule has 16 heteroatoms. The summed E-state index contributed by atoms with van der Waals surface area (Å²) in [6.45, 7) is 3.32. The summed E-state index contributed by atoms with van der Waals surface area (Å²) in [6.07, 6.45) is 0. The Morgan fingerprint density at radius 2 is 0.896 bits per heavy atom. The van der Waals surface area contributed by atoms with Crippen LogP contribution >= 0.6 is 23.2 Å². The van der Waals surface area contributed by atoms with Crippen molar-refractivity contribution in [3.05, 3.63) is 118 Å². The van der Waals surface area contributed by atoms with Crippen LogP contribution in [-0.2, 0) is 17.4 Å². The zero-order chi connectivity index (χ0) is 32.8. The summed E-state index contributed by atoms with van der Waals surface area (Å²) in [7, 11) is 0. The van der Waals surface area contributed by atoms with Gasteiger partial charge in [-0.25, -0.2) is 9.36 Å². The summed E-state index contributed by atoms with van der Waals surface area (Å²) in [5.41, 5.74) is 2.57. The molecule has 0 spiro atoms. The minimum Gasteiger partial charge on any atom is -0.871 e. The topological polar surface area (TPSA) is 177 Å². The first-order valence-corrected chi connectivity index (χ1v) is 14.3. The Kier molecular flexibility index (Phi) is 13.8. The van der Waals surface area contributed by atoms with Gasteiger partial charge in [-0.15, -0.1) is 10.2 Å². The number of nitrogens with zero attached hydrogens (tertiary/aromatic N) is 8. The SMILES string of the molecule is Cc1nn(-c2ccccc2)c([O-])c1N=Nc1ccc(Cl)cc1[O-].Cc1nn(-c2ccccc2)c([O-])c1N=Nc1ccc(Cl)cc1[O-].[Cr+3].[Na+]. The van der Waals surface area contributed by atoms with Crippen LogP contribution in [0.5, 0.6) is 23.3 Å². The Morgan fingerprint density at radius 3 is 1.23 bits per heavy atom. The molecule has 6 rings (SSSR count). The largest absolute Gasteiger partial charge is 3.00 e. The van der Waals surface area contributed by atoms with E-state index in [2.05, 4.69) is 30.7 Å². The van der Waals surface area contributed by atoms with E-state index in [0.717, 1.165) is 0 Å². The average molecular weight is 728 g/mol. The molecule has 1 radical (unpaired) electrons. The Labute approximate surface area is 318 Å². The van der Waals surface area contributed by atoms with Crippen molar-refractivity contribution in [2.45, 2.75) is 13.8 Å². The zero-order valence-corrected chi connectivity index (χ0v) is 30.4. The van der Waals surface area contributed by atoms with E-state index in [-0.39, 0.29) is 92.9 Å². The number of hydrogen-bond donors (Lipinski definition) is 0. The van der Waals surface area contributed by atoms with Crippen LogP contribution in [-0.4, -0.2) is 19.6 Å². The number of halogens is 2. The van der Waals surface area contributed by atoms with Gasteiger partial charge in [0.1, 0.15) is 11.4 Å². The number of para-hydroxylation sites is 2. The fraction of sp³-hybridized carbons (Fsp3) is 0.0625. The molecule has 0 atom stereocenters. The molecule has 4 aromatic carbocycles. The van der Waals surface area contributed by atoms with E-state index in [4.69, 9.17) is 23.2 Å². The van der Waals surface area contributed by atoms with Gasteiger partial charge in [0, 0.05) is 21.8 Å². The summed E-state index contributed by atoms with van der Waals surface area (Å²) in [6, 6.07) is 26.5. The fourth-order valence-electron chi connectivity index (χ4n) is 4.06. The second-order valence-corrected chi connectivity index (χ2v) is 10.5. The van der Waals surface area contributed by atoms with E-state index >= 15 is 0 Å². The molecule has 0 unspecified atom stereocenters. The van der Waals surface area contributed by atoms with E-state index < -0.39 is 0 Å². The zero-order valence-electron chi connectivity index (χ0n) is 25.6. The molecule has 2 heterocycles. The van der Waals surface area contributed by atoms with Gasteiger partial charge in [0.05, 0.1) is 34.1 Å². The van der Waals surface area contributed by atoms with Gasteiger partial charge in [-0.1, -0.05) is 71.1 Å². The molecule has 2 aromatic heterocycles. The maximum Gasteiger partial charge on any atom is 3.00 e. The molecule has 0 N–H and O–H groups in total. The third-order valence-electron chi connectivity index (χ3n) is 6.34. The van der Waals surface area contributed by atoms with Gasteiger partial charge < -0.3 is 20.4 Å². The van der Waals surface area contributed by atoms with Crippen LogP contribution in [0.25, 0.3) is 11.4 Å². The predicted molar refractivity (Wildman–Crippen MR) is 166 cm³/mol. The van der Waals surface area contributed by atoms with Crippen LogP contribution in [0, 0.1) is 13.8 Å². The third kappa shape index (κ3) is 9.03. The van der Waals surface area contributed by atoms with Crippen LogP contribution in [0.2, 0.25) is 10.0 Å². The Balaban J connectivity index is 0.000000250. The number of aromatic nitrogens is 4. The molecule has 0 bridgehead atoms. The van der Waals surface area contributed by atoms with Gasteiger partial charge in [0.2, 0.25) is 0 Å². The van der Waals surface area contributed by atoms with Crippen LogP contribution in [0.15, 0.2) is 118 Å². The first kappa shape index (κ1) is 38.3. The van der Waals surface area contributed by atoms with Crippen molar-refractivity contribution in [1.29, 1.82) is 0 Å². The molecule has 6 aromatic rings. The van der Waals surface area contributed by atoms with Crippen LogP contribution in [0.4, 0.5) is 22.7 Å². The standard InChI is InChI=1S/2C16H13ClN4O2.Cr.Na/c2*1-10-15(19-18-13-8-7-11(17)9-14(13)22)16(23)21(20-10)12-5-3-2-4-6-12;;/h2*2-9,22-23H,1H3;;/q;;+3;+1/p-4. The van der Waals surface area contributed by atoms with Crippen LogP contribution in [0.1, 0.15) is 11.4 Å². The van der Waals surface area contributed by atoms with E-state index in [0.29, 0.717) is 32.8 Å². The smallest absolute Gasteiger partial charge is 0.871 e. The van der Waals surface area contributed by atoms with Gasteiger partial charge in [-0.2, -0.15) is 20.4 Å². The summed E-state index contributed by atoms with van der Waals surface area (Å²) < 4.78 is 2.51. The second-order valence-electron chi connectivity index (χ2n) is 9.60. The summed E-state index contributed by atoms with van der Waals surface area (Å²) in [5.74, 6) is -1.50. The molecule has 0 saturated heterocycles. The van der Waals surface area contributed by atoms with E-state index in [9.17, 15) is 20.4 Å². The van der Waals surface area contributed by atoms with Crippen molar-refractivity contribution >= 4 is 46.0 Å². The van der Waals surface area contributed by atoms with Gasteiger partial charge in [0.15, 0.2) is 0 Å². The number of benzene rings is 4. The molecule has 48 heavy (non-hydrogen) atoms. The number of rotatable bonds is 6. The van der Waals surface area contributed by atoms with E-state index in [1.165, 1.54) is 45.8 Å². The molecule has 0 fully saturated rings. The summed E-state index contributed by atoms with van der Waals surface area (Å²) in [5, 5.41) is 72.7. The molecule has 0 aliphatic rings. The van der Waals surface area contributed by atoms with Gasteiger partial charge in [0.25, 0.3) is 0 Å². The summed E-state index contributed by atoms with van der Waals surface area (Å²) >= 11 is 11.4. The molecule has 12 nitrogen and oxygen atoms in total. The van der Waals surface area contributed by atoms with Crippen LogP contribution in [0.3, 0.4) is 0 Å². The van der Waals surface area contributed by atoms with Crippen molar-refractivity contribution in [3.8, 4) is 34.6 Å². The Morgan fingerprint density at radius 1 is 0.542 bits per heavy atom. The third-order valence-corrected chi connectivity index (χ3v) is 6.81. The minimum absolute atomic E-state index is 0. The van der Waals surface area contributed by atoms with E-state index in [1.54, 1.807) is 38.1 Å². The monoisotopic (exact) mass is 727 g/mol. The molecule has 0 aliphatic carbocycles. The first-order chi connectivity index (χ1) is 22.1. The van der Waals surface area contributed by atoms with E-state index in [1.807, 2.05) is 36.4 Å². The van der Waals surface area contributed by atoms with Gasteiger partial charge >= 0.3 is 46.9 Å². The molecular formula is C32H22Cl2CrN8NaO4. The second kappa shape index (κ2) is 17.3. The number of hydrogen-bond acceptors (Lipinski definition) is 10. The Hall–Kier alpha value is -4.19. The maximum atomic E-state index is 12.4. The normalized spacial score (nSPS) is 10.8. The van der Waals surface area contributed by atoms with Crippen molar-refractivity contribution in [2.75, 3.05) is 0 Å². The van der Waals surface area contributed by atoms with Crippen molar-refractivity contribution < 1.29 is 67.3 Å².